The number of carbonyl (C=O) groups is 2. The van der Waals surface area contributed by atoms with Gasteiger partial charge in [-0.25, -0.2) is 9.96 Å². The number of anilines is 2. The molecule has 5 heteroatoms. The number of para-hydroxylation sites is 1. The third kappa shape index (κ3) is 2.82. The molecule has 0 saturated carbocycles. The van der Waals surface area contributed by atoms with E-state index in [0.717, 1.165) is 16.8 Å². The number of benzene rings is 3. The minimum atomic E-state index is -0.839. The molecule has 3 aromatic rings. The molecule has 0 bridgehead atoms. The van der Waals surface area contributed by atoms with Crippen LogP contribution in [-0.2, 0) is 14.4 Å². The molecule has 5 nitrogen and oxygen atoms in total. The molecule has 3 aromatic carbocycles. The van der Waals surface area contributed by atoms with Crippen LogP contribution in [0.5, 0.6) is 0 Å². The zero-order chi connectivity index (χ0) is 20.0. The van der Waals surface area contributed by atoms with Crippen molar-refractivity contribution in [1.82, 2.24) is 0 Å². The van der Waals surface area contributed by atoms with Crippen molar-refractivity contribution >= 4 is 23.2 Å². The Labute approximate surface area is 169 Å². The molecule has 2 aliphatic rings. The summed E-state index contributed by atoms with van der Waals surface area (Å²) in [4.78, 5) is 34.1. The number of hydroxylamine groups is 1. The number of fused-ring (bicyclic) bond motifs is 1. The van der Waals surface area contributed by atoms with E-state index in [-0.39, 0.29) is 17.9 Å². The van der Waals surface area contributed by atoms with E-state index in [1.165, 1.54) is 4.90 Å². The van der Waals surface area contributed by atoms with Crippen LogP contribution in [0, 0.1) is 12.8 Å². The topological polar surface area (TPSA) is 49.9 Å². The van der Waals surface area contributed by atoms with Gasteiger partial charge in [0.2, 0.25) is 5.91 Å². The summed E-state index contributed by atoms with van der Waals surface area (Å²) in [6.45, 7) is 1.94. The van der Waals surface area contributed by atoms with Gasteiger partial charge in [0.05, 0.1) is 17.4 Å². The summed E-state index contributed by atoms with van der Waals surface area (Å²) in [5.41, 5.74) is 3.34. The van der Waals surface area contributed by atoms with E-state index in [1.54, 1.807) is 11.1 Å². The molecule has 2 aliphatic heterocycles. The largest absolute Gasteiger partial charge is 0.273 e. The van der Waals surface area contributed by atoms with E-state index in [9.17, 15) is 9.59 Å². The van der Waals surface area contributed by atoms with Crippen LogP contribution in [0.3, 0.4) is 0 Å². The Balaban J connectivity index is 1.59. The number of nitrogens with zero attached hydrogens (tertiary/aromatic N) is 2. The normalized spacial score (nSPS) is 23.6. The lowest BCUT2D eigenvalue weighted by Crippen LogP contribution is -2.37. The van der Waals surface area contributed by atoms with Crippen molar-refractivity contribution in [3.05, 3.63) is 96.1 Å². The van der Waals surface area contributed by atoms with Crippen LogP contribution >= 0.6 is 0 Å². The maximum Gasteiger partial charge on any atom is 0.266 e. The van der Waals surface area contributed by atoms with E-state index in [2.05, 4.69) is 0 Å². The van der Waals surface area contributed by atoms with Crippen LogP contribution in [0.15, 0.2) is 84.9 Å². The van der Waals surface area contributed by atoms with E-state index in [4.69, 9.17) is 4.84 Å². The molecule has 0 spiro atoms. The summed E-state index contributed by atoms with van der Waals surface area (Å²) < 4.78 is 0. The molecular weight excluding hydrogens is 364 g/mol. The van der Waals surface area contributed by atoms with E-state index in [1.807, 2.05) is 85.8 Å². The van der Waals surface area contributed by atoms with Gasteiger partial charge in [0, 0.05) is 0 Å². The van der Waals surface area contributed by atoms with Gasteiger partial charge >= 0.3 is 0 Å². The molecule has 0 aromatic heterocycles. The molecule has 2 fully saturated rings. The molecular formula is C24H20N2O3. The van der Waals surface area contributed by atoms with E-state index in [0.29, 0.717) is 5.69 Å². The van der Waals surface area contributed by atoms with Crippen molar-refractivity contribution in [3.8, 4) is 0 Å². The van der Waals surface area contributed by atoms with E-state index < -0.39 is 12.0 Å². The summed E-state index contributed by atoms with van der Waals surface area (Å²) in [7, 11) is 0. The fourth-order valence-electron chi connectivity index (χ4n) is 4.22. The number of aryl methyl sites for hydroxylation is 1. The Hall–Kier alpha value is -3.44. The summed E-state index contributed by atoms with van der Waals surface area (Å²) in [6.07, 6.45) is -0.839. The highest BCUT2D eigenvalue weighted by Crippen LogP contribution is 2.47. The second kappa shape index (κ2) is 6.87. The number of hydrogen-bond donors (Lipinski definition) is 0. The van der Waals surface area contributed by atoms with Gasteiger partial charge in [-0.2, -0.15) is 0 Å². The summed E-state index contributed by atoms with van der Waals surface area (Å²) in [6, 6.07) is 26.4. The first-order valence-electron chi connectivity index (χ1n) is 9.65. The average molecular weight is 384 g/mol. The number of amides is 2. The van der Waals surface area contributed by atoms with Crippen molar-refractivity contribution in [2.75, 3.05) is 9.96 Å². The van der Waals surface area contributed by atoms with Crippen molar-refractivity contribution in [1.29, 1.82) is 0 Å². The molecule has 29 heavy (non-hydrogen) atoms. The van der Waals surface area contributed by atoms with Crippen LogP contribution in [0.2, 0.25) is 0 Å². The second-order valence-corrected chi connectivity index (χ2v) is 7.42. The number of hydrogen-bond acceptors (Lipinski definition) is 4. The van der Waals surface area contributed by atoms with Crippen LogP contribution < -0.4 is 9.96 Å². The molecule has 2 heterocycles. The number of carbonyl (C=O) groups excluding carboxylic acids is 2. The Morgan fingerprint density at radius 2 is 1.41 bits per heavy atom. The van der Waals surface area contributed by atoms with Gasteiger partial charge in [0.15, 0.2) is 6.10 Å². The fraction of sp³-hybridized carbons (Fsp3) is 0.167. The summed E-state index contributed by atoms with van der Waals surface area (Å²) >= 11 is 0. The Kier molecular flexibility index (Phi) is 4.18. The standard InChI is InChI=1S/C24H20N2O3/c1-16-9-8-14-19(15-16)25-23(27)20-21(17-10-4-2-5-11-17)26(29-22(20)24(25)28)18-12-6-3-7-13-18/h2-15,20-22H,1H3/t20-,21-,22+/m0/s1. The fourth-order valence-corrected chi connectivity index (χ4v) is 4.22. The Morgan fingerprint density at radius 3 is 2.10 bits per heavy atom. The third-order valence-electron chi connectivity index (χ3n) is 5.53. The monoisotopic (exact) mass is 384 g/mol. The number of imide groups is 1. The predicted molar refractivity (Wildman–Crippen MR) is 110 cm³/mol. The average Bonchev–Trinajstić information content (AvgIpc) is 3.26. The quantitative estimate of drug-likeness (QED) is 0.640. The highest BCUT2D eigenvalue weighted by molar-refractivity contribution is 6.23. The lowest BCUT2D eigenvalue weighted by atomic mass is 9.90. The first-order chi connectivity index (χ1) is 14.1. The van der Waals surface area contributed by atoms with Gasteiger partial charge in [0.25, 0.3) is 5.91 Å². The summed E-state index contributed by atoms with van der Waals surface area (Å²) in [5, 5.41) is 1.72. The van der Waals surface area contributed by atoms with Gasteiger partial charge in [0.1, 0.15) is 5.92 Å². The lowest BCUT2D eigenvalue weighted by molar-refractivity contribution is -0.126. The second-order valence-electron chi connectivity index (χ2n) is 7.42. The minimum Gasteiger partial charge on any atom is -0.273 e. The predicted octanol–water partition coefficient (Wildman–Crippen LogP) is 4.05. The molecule has 5 rings (SSSR count). The smallest absolute Gasteiger partial charge is 0.266 e. The van der Waals surface area contributed by atoms with Crippen LogP contribution in [-0.4, -0.2) is 17.9 Å². The van der Waals surface area contributed by atoms with Gasteiger partial charge in [-0.15, -0.1) is 0 Å². The molecule has 0 aliphatic carbocycles. The highest BCUT2D eigenvalue weighted by Gasteiger charge is 2.60. The maximum atomic E-state index is 13.5. The highest BCUT2D eigenvalue weighted by atomic mass is 16.7. The van der Waals surface area contributed by atoms with Crippen molar-refractivity contribution in [3.63, 3.8) is 0 Å². The Bertz CT molecular complexity index is 1070. The lowest BCUT2D eigenvalue weighted by Gasteiger charge is -2.28. The van der Waals surface area contributed by atoms with Crippen LogP contribution in [0.25, 0.3) is 0 Å². The van der Waals surface area contributed by atoms with Gasteiger partial charge in [-0.3, -0.25) is 14.4 Å². The van der Waals surface area contributed by atoms with Gasteiger partial charge in [-0.1, -0.05) is 60.7 Å². The number of rotatable bonds is 3. The van der Waals surface area contributed by atoms with Crippen molar-refractivity contribution in [2.45, 2.75) is 19.1 Å². The Morgan fingerprint density at radius 1 is 0.759 bits per heavy atom. The van der Waals surface area contributed by atoms with E-state index >= 15 is 0 Å². The van der Waals surface area contributed by atoms with Crippen LogP contribution in [0.1, 0.15) is 17.2 Å². The molecule has 2 saturated heterocycles. The minimum absolute atomic E-state index is 0.224. The molecule has 0 N–H and O–H groups in total. The zero-order valence-electron chi connectivity index (χ0n) is 15.9. The summed E-state index contributed by atoms with van der Waals surface area (Å²) in [5.74, 6) is -1.14. The molecule has 0 unspecified atom stereocenters. The van der Waals surface area contributed by atoms with Crippen molar-refractivity contribution in [2.24, 2.45) is 5.92 Å². The molecule has 0 radical (unpaired) electrons. The zero-order valence-corrected chi connectivity index (χ0v) is 15.9. The molecule has 2 amide bonds. The van der Waals surface area contributed by atoms with Crippen molar-refractivity contribution < 1.29 is 14.4 Å². The first kappa shape index (κ1) is 17.6. The molecule has 3 atom stereocenters. The van der Waals surface area contributed by atoms with Crippen LogP contribution in [0.4, 0.5) is 11.4 Å². The SMILES string of the molecule is Cc1cccc(N2C(=O)[C@@H]3[C@@H](ON(c4ccccc4)[C@H]3c3ccccc3)C2=O)c1. The maximum absolute atomic E-state index is 13.5. The third-order valence-corrected chi connectivity index (χ3v) is 5.53. The van der Waals surface area contributed by atoms with Gasteiger partial charge in [-0.05, 0) is 42.3 Å². The first-order valence-corrected chi connectivity index (χ1v) is 9.65. The van der Waals surface area contributed by atoms with Gasteiger partial charge < -0.3 is 0 Å². The molecule has 144 valence electrons.